The Labute approximate surface area is 70.7 Å². The van der Waals surface area contributed by atoms with Crippen LogP contribution in [0.3, 0.4) is 0 Å². The Balaban J connectivity index is 2.81. The van der Waals surface area contributed by atoms with Gasteiger partial charge < -0.3 is 4.42 Å². The molecule has 7 heteroatoms. The molecule has 13 heavy (non-hydrogen) atoms. The van der Waals surface area contributed by atoms with Gasteiger partial charge in [-0.15, -0.1) is 0 Å². The smallest absolute Gasteiger partial charge is 0.431 e. The maximum atomic E-state index is 11.9. The lowest BCUT2D eigenvalue weighted by molar-refractivity contribution is -0.141. The van der Waals surface area contributed by atoms with Crippen LogP contribution < -0.4 is 5.32 Å². The Bertz CT molecular complexity index is 318. The zero-order valence-corrected chi connectivity index (χ0v) is 6.47. The lowest BCUT2D eigenvalue weighted by Gasteiger charge is -1.98. The van der Waals surface area contributed by atoms with E-state index in [0.29, 0.717) is 6.26 Å². The third-order valence-corrected chi connectivity index (χ3v) is 1.08. The summed E-state index contributed by atoms with van der Waals surface area (Å²) in [6.45, 7) is 1.14. The predicted octanol–water partition coefficient (Wildman–Crippen LogP) is 1.65. The molecule has 1 aromatic heterocycles. The Kier molecular flexibility index (Phi) is 2.26. The minimum atomic E-state index is -4.56. The quantitative estimate of drug-likeness (QED) is 0.739. The zero-order valence-electron chi connectivity index (χ0n) is 6.47. The number of alkyl halides is 3. The van der Waals surface area contributed by atoms with Gasteiger partial charge in [-0.3, -0.25) is 10.1 Å². The van der Waals surface area contributed by atoms with E-state index in [1.807, 2.05) is 5.32 Å². The summed E-state index contributed by atoms with van der Waals surface area (Å²) >= 11 is 0. The van der Waals surface area contributed by atoms with Crippen LogP contribution in [0, 0.1) is 0 Å². The van der Waals surface area contributed by atoms with Gasteiger partial charge in [0.25, 0.3) is 0 Å². The van der Waals surface area contributed by atoms with Crippen molar-refractivity contribution in [3.63, 3.8) is 0 Å². The summed E-state index contributed by atoms with van der Waals surface area (Å²) in [5.74, 6) is -0.546. The van der Waals surface area contributed by atoms with Crippen LogP contribution in [-0.4, -0.2) is 10.9 Å². The molecular weight excluding hydrogens is 189 g/mol. The molecule has 0 radical (unpaired) electrons. The normalized spacial score (nSPS) is 11.4. The molecule has 0 saturated carbocycles. The highest BCUT2D eigenvalue weighted by atomic mass is 19.4. The Morgan fingerprint density at radius 2 is 2.23 bits per heavy atom. The molecule has 4 nitrogen and oxygen atoms in total. The van der Waals surface area contributed by atoms with Gasteiger partial charge in [0.15, 0.2) is 5.69 Å². The van der Waals surface area contributed by atoms with E-state index in [4.69, 9.17) is 0 Å². The molecule has 72 valence electrons. The molecule has 1 heterocycles. The molecular formula is C6H5F3N2O2. The number of hydrogen-bond donors (Lipinski definition) is 1. The van der Waals surface area contributed by atoms with Crippen molar-refractivity contribution in [1.29, 1.82) is 0 Å². The minimum Gasteiger partial charge on any atom is -0.431 e. The molecule has 0 aromatic carbocycles. The van der Waals surface area contributed by atoms with Crippen LogP contribution in [-0.2, 0) is 11.0 Å². The summed E-state index contributed by atoms with van der Waals surface area (Å²) in [4.78, 5) is 13.4. The molecule has 0 aliphatic heterocycles. The van der Waals surface area contributed by atoms with E-state index < -0.39 is 23.8 Å². The van der Waals surface area contributed by atoms with Crippen LogP contribution in [0.5, 0.6) is 0 Å². The van der Waals surface area contributed by atoms with E-state index in [0.717, 1.165) is 6.92 Å². The highest BCUT2D eigenvalue weighted by molar-refractivity contribution is 5.86. The molecule has 0 aliphatic rings. The van der Waals surface area contributed by atoms with E-state index in [-0.39, 0.29) is 0 Å². The van der Waals surface area contributed by atoms with E-state index >= 15 is 0 Å². The van der Waals surface area contributed by atoms with Crippen molar-refractivity contribution in [2.45, 2.75) is 13.1 Å². The molecule has 0 saturated heterocycles. The number of carbonyl (C=O) groups excluding carboxylic acids is 1. The van der Waals surface area contributed by atoms with Gasteiger partial charge in [-0.1, -0.05) is 0 Å². The van der Waals surface area contributed by atoms with Crippen molar-refractivity contribution in [3.8, 4) is 0 Å². The van der Waals surface area contributed by atoms with Crippen molar-refractivity contribution in [1.82, 2.24) is 4.98 Å². The van der Waals surface area contributed by atoms with Gasteiger partial charge in [-0.05, 0) is 0 Å². The summed E-state index contributed by atoms with van der Waals surface area (Å²) in [6, 6.07) is -0.458. The molecule has 1 amide bonds. The number of rotatable bonds is 1. The predicted molar refractivity (Wildman–Crippen MR) is 35.8 cm³/mol. The molecule has 0 aliphatic carbocycles. The third-order valence-electron chi connectivity index (χ3n) is 1.08. The Morgan fingerprint density at radius 3 is 2.62 bits per heavy atom. The molecule has 0 unspecified atom stereocenters. The fourth-order valence-electron chi connectivity index (χ4n) is 0.612. The van der Waals surface area contributed by atoms with Crippen molar-refractivity contribution in [2.75, 3.05) is 5.32 Å². The van der Waals surface area contributed by atoms with Crippen LogP contribution >= 0.6 is 0 Å². The van der Waals surface area contributed by atoms with Gasteiger partial charge in [0.05, 0.1) is 0 Å². The van der Waals surface area contributed by atoms with E-state index in [1.54, 1.807) is 0 Å². The van der Waals surface area contributed by atoms with Crippen molar-refractivity contribution < 1.29 is 22.4 Å². The molecule has 0 atom stereocenters. The van der Waals surface area contributed by atoms with Crippen molar-refractivity contribution in [3.05, 3.63) is 12.0 Å². The number of nitrogens with zero attached hydrogens (tertiary/aromatic N) is 1. The number of halogens is 3. The average Bonchev–Trinajstić information content (AvgIpc) is 2.32. The lowest BCUT2D eigenvalue weighted by atomic mass is 10.5. The summed E-state index contributed by atoms with van der Waals surface area (Å²) in [7, 11) is 0. The number of aromatic nitrogens is 1. The average molecular weight is 194 g/mol. The van der Waals surface area contributed by atoms with E-state index in [2.05, 4.69) is 9.40 Å². The number of carbonyl (C=O) groups is 1. The summed E-state index contributed by atoms with van der Waals surface area (Å²) in [5, 5.41) is 1.98. The first-order chi connectivity index (χ1) is 5.89. The number of oxazole rings is 1. The summed E-state index contributed by atoms with van der Waals surface area (Å²) < 4.78 is 40.0. The van der Waals surface area contributed by atoms with Gasteiger partial charge in [0, 0.05) is 6.92 Å². The van der Waals surface area contributed by atoms with Crippen LogP contribution in [0.1, 0.15) is 12.6 Å². The van der Waals surface area contributed by atoms with Crippen molar-refractivity contribution >= 4 is 11.9 Å². The highest BCUT2D eigenvalue weighted by Crippen LogP contribution is 2.29. The van der Waals surface area contributed by atoms with Gasteiger partial charge in [-0.25, -0.2) is 0 Å². The Morgan fingerprint density at radius 1 is 1.62 bits per heavy atom. The minimum absolute atomic E-state index is 0.436. The second kappa shape index (κ2) is 3.08. The highest BCUT2D eigenvalue weighted by Gasteiger charge is 2.34. The van der Waals surface area contributed by atoms with Crippen molar-refractivity contribution in [2.24, 2.45) is 0 Å². The fourth-order valence-corrected chi connectivity index (χ4v) is 0.612. The molecule has 1 rings (SSSR count). The fraction of sp³-hybridized carbons (Fsp3) is 0.333. The second-order valence-corrected chi connectivity index (χ2v) is 2.22. The standard InChI is InChI=1S/C6H5F3N2O2/c1-3(12)10-5-11-4(2-13-5)6(7,8)9/h2H,1H3,(H,10,11,12). The molecule has 0 spiro atoms. The van der Waals surface area contributed by atoms with Crippen LogP contribution in [0.2, 0.25) is 0 Å². The maximum absolute atomic E-state index is 11.9. The van der Waals surface area contributed by atoms with E-state index in [9.17, 15) is 18.0 Å². The van der Waals surface area contributed by atoms with Gasteiger partial charge in [0.2, 0.25) is 5.91 Å². The monoisotopic (exact) mass is 194 g/mol. The maximum Gasteiger partial charge on any atom is 0.436 e. The SMILES string of the molecule is CC(=O)Nc1nc(C(F)(F)F)co1. The first kappa shape index (κ1) is 9.56. The van der Waals surface area contributed by atoms with Gasteiger partial charge >= 0.3 is 12.2 Å². The zero-order chi connectivity index (χ0) is 10.1. The van der Waals surface area contributed by atoms with Crippen LogP contribution in [0.25, 0.3) is 0 Å². The first-order valence-electron chi connectivity index (χ1n) is 3.20. The third kappa shape index (κ3) is 2.46. The molecule has 1 N–H and O–H groups in total. The topological polar surface area (TPSA) is 55.1 Å². The van der Waals surface area contributed by atoms with E-state index in [1.165, 1.54) is 0 Å². The molecule has 0 bridgehead atoms. The summed E-state index contributed by atoms with van der Waals surface area (Å²) in [5.41, 5.74) is -1.17. The van der Waals surface area contributed by atoms with Gasteiger partial charge in [-0.2, -0.15) is 18.2 Å². The number of amides is 1. The van der Waals surface area contributed by atoms with Crippen LogP contribution in [0.4, 0.5) is 19.2 Å². The second-order valence-electron chi connectivity index (χ2n) is 2.22. The van der Waals surface area contributed by atoms with Gasteiger partial charge in [0.1, 0.15) is 6.26 Å². The molecule has 0 fully saturated rings. The number of anilines is 1. The Hall–Kier alpha value is -1.53. The first-order valence-corrected chi connectivity index (χ1v) is 3.20. The summed E-state index contributed by atoms with van der Waals surface area (Å²) in [6.07, 6.45) is -4.12. The van der Waals surface area contributed by atoms with Crippen LogP contribution in [0.15, 0.2) is 10.7 Å². The lowest BCUT2D eigenvalue weighted by Crippen LogP contribution is -2.08. The number of nitrogens with one attached hydrogen (secondary N) is 1. The molecule has 1 aromatic rings. The largest absolute Gasteiger partial charge is 0.436 e. The number of hydrogen-bond acceptors (Lipinski definition) is 3.